The summed E-state index contributed by atoms with van der Waals surface area (Å²) in [6, 6.07) is 6.79. The highest BCUT2D eigenvalue weighted by Gasteiger charge is 2.01. The van der Waals surface area contributed by atoms with E-state index in [1.165, 1.54) is 0 Å². The van der Waals surface area contributed by atoms with Gasteiger partial charge in [0.05, 0.1) is 10.7 Å². The van der Waals surface area contributed by atoms with Crippen LogP contribution in [0.25, 0.3) is 0 Å². The summed E-state index contributed by atoms with van der Waals surface area (Å²) < 4.78 is 0. The van der Waals surface area contributed by atoms with Crippen LogP contribution >= 0.6 is 0 Å². The smallest absolute Gasteiger partial charge is 0.368 e. The van der Waals surface area contributed by atoms with E-state index in [-0.39, 0.29) is 0 Å². The largest absolute Gasteiger partial charge is 0.481 e. The molecule has 0 radical (unpaired) electrons. The highest BCUT2D eigenvalue weighted by atomic mass is 16.4. The third-order valence-electron chi connectivity index (χ3n) is 2.06. The van der Waals surface area contributed by atoms with Gasteiger partial charge in [0, 0.05) is 6.42 Å². The minimum Gasteiger partial charge on any atom is -0.481 e. The van der Waals surface area contributed by atoms with E-state index in [0.29, 0.717) is 17.1 Å². The summed E-state index contributed by atoms with van der Waals surface area (Å²) in [6.07, 6.45) is 2.08. The molecule has 5 nitrogen and oxygen atoms in total. The molecule has 0 fully saturated rings. The van der Waals surface area contributed by atoms with Crippen LogP contribution in [0.5, 0.6) is 0 Å². The van der Waals surface area contributed by atoms with E-state index in [0.717, 1.165) is 12.8 Å². The number of carbonyl (C=O) groups is 2. The van der Waals surface area contributed by atoms with Crippen LogP contribution in [-0.2, 0) is 4.79 Å². The zero-order chi connectivity index (χ0) is 12.7. The predicted molar refractivity (Wildman–Crippen MR) is 61.3 cm³/mol. The van der Waals surface area contributed by atoms with Crippen LogP contribution in [0.1, 0.15) is 26.2 Å². The number of aliphatic carboxylic acids is 1. The van der Waals surface area contributed by atoms with Crippen molar-refractivity contribution < 1.29 is 14.7 Å². The lowest BCUT2D eigenvalue weighted by atomic mass is 10.3. The van der Waals surface area contributed by atoms with E-state index >= 15 is 0 Å². The summed E-state index contributed by atoms with van der Waals surface area (Å²) >= 11 is 0. The van der Waals surface area contributed by atoms with Crippen molar-refractivity contribution in [3.8, 4) is 0 Å². The molecule has 1 aliphatic rings. The topological polar surface area (TPSA) is 79.1 Å². The number of carbonyl (C=O) groups excluding carboxylic acids is 1. The van der Waals surface area contributed by atoms with Crippen molar-refractivity contribution in [1.29, 1.82) is 0 Å². The zero-order valence-electron chi connectivity index (χ0n) is 9.59. The van der Waals surface area contributed by atoms with Crippen LogP contribution in [0.15, 0.2) is 34.3 Å². The molecule has 1 aromatic rings. The summed E-state index contributed by atoms with van der Waals surface area (Å²) in [5, 5.41) is 9.39. The van der Waals surface area contributed by atoms with Crippen molar-refractivity contribution in [2.24, 2.45) is 9.98 Å². The Morgan fingerprint density at radius 1 is 1.24 bits per heavy atom. The van der Waals surface area contributed by atoms with E-state index in [2.05, 4.69) is 9.98 Å². The second-order valence-corrected chi connectivity index (χ2v) is 3.49. The van der Waals surface area contributed by atoms with Crippen molar-refractivity contribution in [3.63, 3.8) is 0 Å². The van der Waals surface area contributed by atoms with E-state index in [9.17, 15) is 9.59 Å². The number of hydrogen-bond acceptors (Lipinski definition) is 2. The lowest BCUT2D eigenvalue weighted by Crippen LogP contribution is -2.19. The summed E-state index contributed by atoms with van der Waals surface area (Å²) in [5.74, 6) is -0.693. The average Bonchev–Trinajstić information content (AvgIpc) is 2.67. The van der Waals surface area contributed by atoms with Gasteiger partial charge in [-0.1, -0.05) is 25.5 Å². The number of para-hydroxylation sites is 2. The van der Waals surface area contributed by atoms with E-state index in [1.807, 2.05) is 19.1 Å². The Morgan fingerprint density at radius 3 is 2.12 bits per heavy atom. The lowest BCUT2D eigenvalue weighted by molar-refractivity contribution is -0.137. The van der Waals surface area contributed by atoms with Gasteiger partial charge in [0.1, 0.15) is 0 Å². The molecule has 0 aromatic heterocycles. The van der Waals surface area contributed by atoms with Gasteiger partial charge in [-0.3, -0.25) is 4.79 Å². The first-order valence-corrected chi connectivity index (χ1v) is 5.41. The SMILES string of the molecule is CCCCC(=O)O.O=C1N=c2ccccc2=N1. The van der Waals surface area contributed by atoms with Gasteiger partial charge in [0.2, 0.25) is 0 Å². The molecule has 17 heavy (non-hydrogen) atoms. The van der Waals surface area contributed by atoms with Gasteiger partial charge in [-0.25, -0.2) is 4.79 Å². The third kappa shape index (κ3) is 4.55. The van der Waals surface area contributed by atoms with Crippen molar-refractivity contribution >= 4 is 12.0 Å². The Morgan fingerprint density at radius 2 is 1.76 bits per heavy atom. The Bertz CT molecular complexity index is 486. The summed E-state index contributed by atoms with van der Waals surface area (Å²) in [4.78, 5) is 27.6. The first-order valence-electron chi connectivity index (χ1n) is 5.41. The van der Waals surface area contributed by atoms with Crippen LogP contribution in [0.3, 0.4) is 0 Å². The van der Waals surface area contributed by atoms with Crippen LogP contribution in [0.4, 0.5) is 4.79 Å². The van der Waals surface area contributed by atoms with Crippen LogP contribution in [-0.4, -0.2) is 17.1 Å². The molecule has 0 bridgehead atoms. The van der Waals surface area contributed by atoms with Crippen LogP contribution in [0, 0.1) is 0 Å². The Kier molecular flexibility index (Phi) is 5.00. The zero-order valence-corrected chi connectivity index (χ0v) is 9.59. The molecule has 90 valence electrons. The minimum absolute atomic E-state index is 0.316. The minimum atomic E-state index is -0.693. The highest BCUT2D eigenvalue weighted by molar-refractivity contribution is 5.77. The quantitative estimate of drug-likeness (QED) is 0.856. The second kappa shape index (κ2) is 6.52. The first-order chi connectivity index (χ1) is 8.13. The van der Waals surface area contributed by atoms with Crippen LogP contribution < -0.4 is 10.7 Å². The maximum atomic E-state index is 10.6. The number of fused-ring (bicyclic) bond motifs is 1. The number of nitrogens with zero attached hydrogens (tertiary/aromatic N) is 2. The highest BCUT2D eigenvalue weighted by Crippen LogP contribution is 1.91. The molecule has 0 saturated carbocycles. The maximum Gasteiger partial charge on any atom is 0.368 e. The third-order valence-corrected chi connectivity index (χ3v) is 2.06. The standard InChI is InChI=1S/C7H4N2O.C5H10O2/c10-7-8-5-3-1-2-4-6(5)9-7;1-2-3-4-5(6)7/h1-4H;2-4H2,1H3,(H,6,7). The van der Waals surface area contributed by atoms with Gasteiger partial charge in [-0.2, -0.15) is 9.98 Å². The second-order valence-electron chi connectivity index (χ2n) is 3.49. The summed E-state index contributed by atoms with van der Waals surface area (Å²) in [6.45, 7) is 1.98. The Labute approximate surface area is 98.5 Å². The fraction of sp³-hybridized carbons (Fsp3) is 0.333. The molecule has 1 heterocycles. The van der Waals surface area contributed by atoms with Gasteiger partial charge in [-0.15, -0.1) is 0 Å². The number of benzene rings is 1. The number of unbranched alkanes of at least 4 members (excludes halogenated alkanes) is 1. The van der Waals surface area contributed by atoms with E-state index < -0.39 is 12.0 Å². The monoisotopic (exact) mass is 234 g/mol. The van der Waals surface area contributed by atoms with Crippen LogP contribution in [0.2, 0.25) is 0 Å². The Balaban J connectivity index is 0.000000185. The van der Waals surface area contributed by atoms with Gasteiger partial charge >= 0.3 is 12.0 Å². The molecule has 0 spiro atoms. The fourth-order valence-corrected chi connectivity index (χ4v) is 1.21. The summed E-state index contributed by atoms with van der Waals surface area (Å²) in [5.41, 5.74) is 0. The number of carboxylic acids is 1. The van der Waals surface area contributed by atoms with Crippen molar-refractivity contribution in [3.05, 3.63) is 35.0 Å². The van der Waals surface area contributed by atoms with E-state index in [4.69, 9.17) is 5.11 Å². The Hall–Kier alpha value is -2.04. The predicted octanol–water partition coefficient (Wildman–Crippen LogP) is 1.32. The van der Waals surface area contributed by atoms with Gasteiger partial charge in [0.15, 0.2) is 0 Å². The molecule has 0 atom stereocenters. The van der Waals surface area contributed by atoms with Gasteiger partial charge < -0.3 is 5.11 Å². The molecule has 5 heteroatoms. The normalized spacial score (nSPS) is 11.7. The number of amides is 2. The lowest BCUT2D eigenvalue weighted by Gasteiger charge is -1.85. The molecular weight excluding hydrogens is 220 g/mol. The van der Waals surface area contributed by atoms with Crippen molar-refractivity contribution in [2.45, 2.75) is 26.2 Å². The molecular formula is C12H14N2O3. The fourth-order valence-electron chi connectivity index (χ4n) is 1.21. The molecule has 2 rings (SSSR count). The molecule has 0 aliphatic carbocycles. The molecule has 0 saturated heterocycles. The number of rotatable bonds is 3. The molecule has 1 N–H and O–H groups in total. The van der Waals surface area contributed by atoms with Crippen molar-refractivity contribution in [1.82, 2.24) is 0 Å². The molecule has 0 unspecified atom stereocenters. The number of carboxylic acid groups (broad SMARTS) is 1. The molecule has 1 aromatic carbocycles. The average molecular weight is 234 g/mol. The van der Waals surface area contributed by atoms with Crippen molar-refractivity contribution in [2.75, 3.05) is 0 Å². The number of hydrogen-bond donors (Lipinski definition) is 1. The number of urea groups is 1. The van der Waals surface area contributed by atoms with Gasteiger partial charge in [-0.05, 0) is 18.6 Å². The maximum absolute atomic E-state index is 10.6. The van der Waals surface area contributed by atoms with Gasteiger partial charge in [0.25, 0.3) is 0 Å². The summed E-state index contributed by atoms with van der Waals surface area (Å²) in [7, 11) is 0. The molecule has 2 amide bonds. The molecule has 1 aliphatic heterocycles. The van der Waals surface area contributed by atoms with E-state index in [1.54, 1.807) is 12.1 Å². The first kappa shape index (κ1) is 13.0.